The highest BCUT2D eigenvalue weighted by atomic mass is 32.1. The number of nitrogens with zero attached hydrogens (tertiary/aromatic N) is 2. The molecule has 0 N–H and O–H groups in total. The molecule has 2 atom stereocenters. The zero-order valence-corrected chi connectivity index (χ0v) is 17.4. The quantitative estimate of drug-likeness (QED) is 0.392. The Morgan fingerprint density at radius 2 is 1.54 bits per heavy atom. The fourth-order valence-corrected chi connectivity index (χ4v) is 3.78. The van der Waals surface area contributed by atoms with Crippen molar-refractivity contribution >= 4 is 17.4 Å². The predicted molar refractivity (Wildman–Crippen MR) is 108 cm³/mol. The van der Waals surface area contributed by atoms with E-state index in [-0.39, 0.29) is 0 Å². The van der Waals surface area contributed by atoms with Gasteiger partial charge in [0.2, 0.25) is 0 Å². The standard InChI is InChI=1S/C20H40N2OS/c1-5-9-11-18(7-3)15-21(16-19(8-4)12-10-6-2)17-22-13-14-23-20(22)24/h18-19H,5-17H2,1-4H3. The van der Waals surface area contributed by atoms with E-state index in [1.54, 1.807) is 0 Å². The lowest BCUT2D eigenvalue weighted by Crippen LogP contribution is -2.43. The summed E-state index contributed by atoms with van der Waals surface area (Å²) in [7, 11) is 0. The maximum Gasteiger partial charge on any atom is 0.260 e. The van der Waals surface area contributed by atoms with Crippen molar-refractivity contribution in [1.82, 2.24) is 9.80 Å². The van der Waals surface area contributed by atoms with E-state index < -0.39 is 0 Å². The summed E-state index contributed by atoms with van der Waals surface area (Å²) in [6, 6.07) is 0. The molecule has 1 aliphatic rings. The van der Waals surface area contributed by atoms with Crippen LogP contribution in [0.5, 0.6) is 0 Å². The second-order valence-corrected chi connectivity index (χ2v) is 7.74. The van der Waals surface area contributed by atoms with E-state index in [0.29, 0.717) is 5.17 Å². The van der Waals surface area contributed by atoms with Gasteiger partial charge in [0.1, 0.15) is 6.61 Å². The van der Waals surface area contributed by atoms with Gasteiger partial charge in [0, 0.05) is 13.1 Å². The first kappa shape index (κ1) is 21.7. The number of hydrogen-bond donors (Lipinski definition) is 0. The first-order valence-corrected chi connectivity index (χ1v) is 10.7. The average Bonchev–Trinajstić information content (AvgIpc) is 2.99. The Kier molecular flexibility index (Phi) is 11.7. The van der Waals surface area contributed by atoms with Gasteiger partial charge in [-0.05, 0) is 36.9 Å². The Hall–Kier alpha value is -0.350. The summed E-state index contributed by atoms with van der Waals surface area (Å²) in [5.74, 6) is 1.62. The van der Waals surface area contributed by atoms with Crippen LogP contribution < -0.4 is 0 Å². The van der Waals surface area contributed by atoms with Crippen molar-refractivity contribution in [1.29, 1.82) is 0 Å². The van der Waals surface area contributed by atoms with Crippen LogP contribution in [0.1, 0.15) is 79.1 Å². The molecule has 0 aromatic heterocycles. The van der Waals surface area contributed by atoms with Gasteiger partial charge < -0.3 is 9.64 Å². The topological polar surface area (TPSA) is 15.7 Å². The van der Waals surface area contributed by atoms with Gasteiger partial charge in [0.25, 0.3) is 5.17 Å². The summed E-state index contributed by atoms with van der Waals surface area (Å²) in [5.41, 5.74) is 0. The average molecular weight is 357 g/mol. The van der Waals surface area contributed by atoms with Gasteiger partial charge in [-0.2, -0.15) is 0 Å². The molecule has 2 unspecified atom stereocenters. The van der Waals surface area contributed by atoms with E-state index in [1.165, 1.54) is 64.5 Å². The monoisotopic (exact) mass is 356 g/mol. The van der Waals surface area contributed by atoms with Crippen molar-refractivity contribution in [3.8, 4) is 0 Å². The lowest BCUT2D eigenvalue weighted by atomic mass is 9.96. The molecule has 142 valence electrons. The van der Waals surface area contributed by atoms with Gasteiger partial charge in [-0.1, -0.05) is 66.2 Å². The summed E-state index contributed by atoms with van der Waals surface area (Å²) in [5, 5.41) is 0.697. The van der Waals surface area contributed by atoms with Gasteiger partial charge in [-0.3, -0.25) is 4.90 Å². The minimum absolute atomic E-state index is 0.697. The fourth-order valence-electron chi connectivity index (χ4n) is 3.55. The molecule has 0 bridgehead atoms. The Labute approximate surface area is 156 Å². The van der Waals surface area contributed by atoms with E-state index in [0.717, 1.165) is 31.7 Å². The van der Waals surface area contributed by atoms with E-state index in [2.05, 4.69) is 37.5 Å². The van der Waals surface area contributed by atoms with Crippen LogP contribution in [0.25, 0.3) is 0 Å². The molecule has 0 aromatic carbocycles. The highest BCUT2D eigenvalue weighted by Gasteiger charge is 2.23. The highest BCUT2D eigenvalue weighted by Crippen LogP contribution is 2.20. The van der Waals surface area contributed by atoms with E-state index in [9.17, 15) is 0 Å². The predicted octanol–water partition coefficient (Wildman–Crippen LogP) is 5.30. The molecule has 0 spiro atoms. The second-order valence-electron chi connectivity index (χ2n) is 7.39. The molecular formula is C20H40N2OS. The first-order chi connectivity index (χ1) is 11.6. The molecule has 0 radical (unpaired) electrons. The molecule has 24 heavy (non-hydrogen) atoms. The summed E-state index contributed by atoms with van der Waals surface area (Å²) < 4.78 is 5.49. The zero-order valence-electron chi connectivity index (χ0n) is 16.6. The lowest BCUT2D eigenvalue weighted by Gasteiger charge is -2.33. The minimum Gasteiger partial charge on any atom is -0.469 e. The maximum absolute atomic E-state index is 5.49. The van der Waals surface area contributed by atoms with Crippen molar-refractivity contribution in [3.63, 3.8) is 0 Å². The summed E-state index contributed by atoms with van der Waals surface area (Å²) in [6.45, 7) is 14.3. The maximum atomic E-state index is 5.49. The van der Waals surface area contributed by atoms with Gasteiger partial charge in [-0.15, -0.1) is 0 Å². The van der Waals surface area contributed by atoms with E-state index in [4.69, 9.17) is 17.0 Å². The number of ether oxygens (including phenoxy) is 1. The van der Waals surface area contributed by atoms with Gasteiger partial charge in [-0.25, -0.2) is 0 Å². The molecule has 1 rings (SSSR count). The van der Waals surface area contributed by atoms with E-state index in [1.807, 2.05) is 0 Å². The second kappa shape index (κ2) is 12.9. The van der Waals surface area contributed by atoms with Crippen molar-refractivity contribution in [2.24, 2.45) is 11.8 Å². The molecule has 1 fully saturated rings. The summed E-state index contributed by atoms with van der Waals surface area (Å²) >= 11 is 5.36. The Morgan fingerprint density at radius 1 is 1.00 bits per heavy atom. The van der Waals surface area contributed by atoms with Crippen LogP contribution in [0.3, 0.4) is 0 Å². The third kappa shape index (κ3) is 8.15. The van der Waals surface area contributed by atoms with Crippen LogP contribution in [0.2, 0.25) is 0 Å². The molecule has 1 saturated heterocycles. The third-order valence-electron chi connectivity index (χ3n) is 5.33. The van der Waals surface area contributed by atoms with Gasteiger partial charge in [0.15, 0.2) is 0 Å². The van der Waals surface area contributed by atoms with E-state index >= 15 is 0 Å². The fraction of sp³-hybridized carbons (Fsp3) is 0.950. The molecule has 0 amide bonds. The molecule has 4 heteroatoms. The number of unbranched alkanes of at least 4 members (excludes halogenated alkanes) is 2. The number of thiocarbonyl (C=S) groups is 1. The van der Waals surface area contributed by atoms with Crippen LogP contribution in [-0.2, 0) is 4.74 Å². The Bertz CT molecular complexity index is 320. The third-order valence-corrected chi connectivity index (χ3v) is 5.71. The van der Waals surface area contributed by atoms with Crippen molar-refractivity contribution in [3.05, 3.63) is 0 Å². The number of hydrogen-bond acceptors (Lipinski definition) is 3. The van der Waals surface area contributed by atoms with Crippen LogP contribution in [-0.4, -0.2) is 47.9 Å². The molecular weight excluding hydrogens is 316 g/mol. The van der Waals surface area contributed by atoms with Crippen LogP contribution >= 0.6 is 12.2 Å². The normalized spacial score (nSPS) is 17.4. The Morgan fingerprint density at radius 3 is 1.92 bits per heavy atom. The zero-order chi connectivity index (χ0) is 17.8. The van der Waals surface area contributed by atoms with Crippen LogP contribution in [0, 0.1) is 11.8 Å². The smallest absolute Gasteiger partial charge is 0.260 e. The molecule has 1 heterocycles. The molecule has 1 aliphatic heterocycles. The van der Waals surface area contributed by atoms with Crippen LogP contribution in [0.4, 0.5) is 0 Å². The molecule has 0 aromatic rings. The van der Waals surface area contributed by atoms with Crippen molar-refractivity contribution < 1.29 is 4.74 Å². The van der Waals surface area contributed by atoms with Crippen molar-refractivity contribution in [2.45, 2.75) is 79.1 Å². The molecule has 0 saturated carbocycles. The summed E-state index contributed by atoms with van der Waals surface area (Å²) in [4.78, 5) is 4.91. The van der Waals surface area contributed by atoms with Gasteiger partial charge in [0.05, 0.1) is 13.2 Å². The molecule has 3 nitrogen and oxygen atoms in total. The summed E-state index contributed by atoms with van der Waals surface area (Å²) in [6.07, 6.45) is 10.6. The van der Waals surface area contributed by atoms with Crippen molar-refractivity contribution in [2.75, 3.05) is 32.9 Å². The Balaban J connectivity index is 2.63. The van der Waals surface area contributed by atoms with Crippen LogP contribution in [0.15, 0.2) is 0 Å². The molecule has 0 aliphatic carbocycles. The minimum atomic E-state index is 0.697. The SMILES string of the molecule is CCCCC(CC)CN(CC(CC)CCCC)CN1CCOC1=S. The highest BCUT2D eigenvalue weighted by molar-refractivity contribution is 7.80. The largest absolute Gasteiger partial charge is 0.469 e. The lowest BCUT2D eigenvalue weighted by molar-refractivity contribution is 0.135. The first-order valence-electron chi connectivity index (χ1n) is 10.3. The number of rotatable bonds is 14. The van der Waals surface area contributed by atoms with Gasteiger partial charge >= 0.3 is 0 Å².